The molecule has 0 amide bonds. The molecule has 1 atom stereocenters. The van der Waals surface area contributed by atoms with Crippen LogP contribution in [0.5, 0.6) is 0 Å². The van der Waals surface area contributed by atoms with Crippen LogP contribution < -0.4 is 5.30 Å². The van der Waals surface area contributed by atoms with Crippen molar-refractivity contribution in [2.45, 2.75) is 12.8 Å². The summed E-state index contributed by atoms with van der Waals surface area (Å²) in [5, 5.41) is 8.79. The van der Waals surface area contributed by atoms with Crippen LogP contribution in [0.1, 0.15) is 14.8 Å². The van der Waals surface area contributed by atoms with E-state index in [1.54, 1.807) is 18.2 Å². The summed E-state index contributed by atoms with van der Waals surface area (Å²) in [6, 6.07) is 6.58. The number of rotatable bonds is 4. The third-order valence-corrected chi connectivity index (χ3v) is 2.65. The van der Waals surface area contributed by atoms with Gasteiger partial charge in [-0.25, -0.2) is 0 Å². The Morgan fingerprint density at radius 1 is 1.40 bits per heavy atom. The van der Waals surface area contributed by atoms with Gasteiger partial charge in [0, 0.05) is 12.0 Å². The molecule has 78 valence electrons. The van der Waals surface area contributed by atoms with Crippen molar-refractivity contribution in [3.05, 3.63) is 29.8 Å². The first-order valence-electron chi connectivity index (χ1n) is 4.07. The fourth-order valence-corrected chi connectivity index (χ4v) is 1.80. The Hall–Kier alpha value is 0.00974. The van der Waals surface area contributed by atoms with Crippen LogP contribution in [0.25, 0.3) is 0 Å². The summed E-state index contributed by atoms with van der Waals surface area (Å²) in [6.07, 6.45) is 0.257. The van der Waals surface area contributed by atoms with Crippen molar-refractivity contribution < 1.29 is 22.2 Å². The number of aryl methyl sites for hydroxylation is 1. The fraction of sp³-hybridized carbons (Fsp3) is 0.222. The number of hydrogen-bond acceptors (Lipinski definition) is 2. The molecule has 0 heterocycles. The predicted octanol–water partition coefficient (Wildman–Crippen LogP) is 0.908. The summed E-state index contributed by atoms with van der Waals surface area (Å²) < 4.78 is 10.9. The molecule has 2 N–H and O–H groups in total. The number of carbonyl (C=O) groups is 1. The molecule has 0 aliphatic carbocycles. The van der Waals surface area contributed by atoms with E-state index in [0.717, 1.165) is 0 Å². The van der Waals surface area contributed by atoms with Gasteiger partial charge in [0.15, 0.2) is 0 Å². The van der Waals surface area contributed by atoms with Gasteiger partial charge in [-0.2, -0.15) is 4.89 Å². The number of hydrogen-bond donors (Lipinski definition) is 2. The summed E-state index contributed by atoms with van der Waals surface area (Å²) in [7, 11) is -2.39. The van der Waals surface area contributed by atoms with Crippen LogP contribution in [0.15, 0.2) is 24.3 Å². The molecule has 0 aliphatic heterocycles. The Morgan fingerprint density at radius 2 is 2.00 bits per heavy atom. The zero-order valence-electron chi connectivity index (χ0n) is 10.1. The summed E-state index contributed by atoms with van der Waals surface area (Å²) in [5.41, 5.74) is 0.624. The zero-order valence-corrected chi connectivity index (χ0v) is 11.2. The van der Waals surface area contributed by atoms with Gasteiger partial charge in [0.25, 0.3) is 0 Å². The van der Waals surface area contributed by atoms with Crippen LogP contribution in [0.4, 0.5) is 0 Å². The minimum Gasteiger partial charge on any atom is -1.00 e. The van der Waals surface area contributed by atoms with E-state index in [2.05, 4.69) is 0 Å². The molecule has 0 bridgehead atoms. The van der Waals surface area contributed by atoms with E-state index in [1.165, 1.54) is 6.07 Å². The van der Waals surface area contributed by atoms with Crippen molar-refractivity contribution in [1.82, 2.24) is 0 Å². The van der Waals surface area contributed by atoms with Crippen molar-refractivity contribution in [2.75, 3.05) is 0 Å². The molecule has 1 unspecified atom stereocenters. The van der Waals surface area contributed by atoms with E-state index in [9.17, 15) is 9.36 Å². The molecule has 6 heteroatoms. The largest absolute Gasteiger partial charge is 2.00 e. The standard InChI is InChI=1S/C9H9O4P.Ca.2H/c10-9(11)6-5-7-3-1-2-4-8(7)14(12)13;;;/h1-4H,5-6H2,(H-,10,11,12,13);;;/q;+2;2*-1/p+1. The molecule has 0 fully saturated rings. The Morgan fingerprint density at radius 3 is 2.53 bits per heavy atom. The Kier molecular flexibility index (Phi) is 7.32. The van der Waals surface area contributed by atoms with Gasteiger partial charge in [-0.3, -0.25) is 4.79 Å². The van der Waals surface area contributed by atoms with E-state index < -0.39 is 14.0 Å². The molecule has 15 heavy (non-hydrogen) atoms. The summed E-state index contributed by atoms with van der Waals surface area (Å²) in [5.74, 6) is -0.909. The van der Waals surface area contributed by atoms with Gasteiger partial charge in [-0.05, 0) is 17.1 Å². The molecule has 1 aromatic rings. The van der Waals surface area contributed by atoms with Gasteiger partial charge in [0.05, 0.1) is 0 Å². The molecule has 0 saturated heterocycles. The van der Waals surface area contributed by atoms with E-state index in [4.69, 9.17) is 10.00 Å². The third kappa shape index (κ3) is 5.05. The minimum atomic E-state index is -2.39. The Balaban J connectivity index is -0.000000653. The molecule has 4 nitrogen and oxygen atoms in total. The smallest absolute Gasteiger partial charge is 1.00 e. The van der Waals surface area contributed by atoms with Crippen molar-refractivity contribution >= 4 is 57.0 Å². The maximum Gasteiger partial charge on any atom is 2.00 e. The fourth-order valence-electron chi connectivity index (χ4n) is 1.15. The third-order valence-electron chi connectivity index (χ3n) is 1.81. The Bertz CT molecular complexity index is 376. The van der Waals surface area contributed by atoms with E-state index in [1.807, 2.05) is 0 Å². The van der Waals surface area contributed by atoms with Gasteiger partial charge in [-0.1, -0.05) is 18.2 Å². The van der Waals surface area contributed by atoms with Gasteiger partial charge < -0.3 is 7.96 Å². The maximum atomic E-state index is 10.9. The minimum absolute atomic E-state index is 0. The summed E-state index contributed by atoms with van der Waals surface area (Å²) in [6.45, 7) is 0. The molecule has 1 aromatic carbocycles. The zero-order chi connectivity index (χ0) is 10.6. The molecule has 0 aliphatic rings. The van der Waals surface area contributed by atoms with E-state index >= 15 is 0 Å². The van der Waals surface area contributed by atoms with Crippen LogP contribution in [-0.2, 0) is 15.8 Å². The van der Waals surface area contributed by atoms with Crippen LogP contribution in [-0.4, -0.2) is 53.7 Å². The summed E-state index contributed by atoms with van der Waals surface area (Å²) in [4.78, 5) is 19.3. The number of carboxylic acids is 1. The molecular weight excluding hydrogens is 243 g/mol. The molecule has 0 spiro atoms. The monoisotopic (exact) mass is 255 g/mol. The predicted molar refractivity (Wildman–Crippen MR) is 59.8 cm³/mol. The van der Waals surface area contributed by atoms with E-state index in [-0.39, 0.29) is 53.4 Å². The number of benzene rings is 1. The van der Waals surface area contributed by atoms with Gasteiger partial charge in [0.1, 0.15) is 0 Å². The van der Waals surface area contributed by atoms with Crippen molar-refractivity contribution in [3.8, 4) is 0 Å². The second-order valence-electron chi connectivity index (χ2n) is 2.80. The van der Waals surface area contributed by atoms with Gasteiger partial charge in [0.2, 0.25) is 5.30 Å². The van der Waals surface area contributed by atoms with E-state index in [0.29, 0.717) is 10.9 Å². The van der Waals surface area contributed by atoms with Crippen LogP contribution in [0.3, 0.4) is 0 Å². The average Bonchev–Trinajstić information content (AvgIpc) is 2.15. The first-order chi connectivity index (χ1) is 6.61. The first-order valence-corrected chi connectivity index (χ1v) is 5.28. The normalized spacial score (nSPS) is 10.3. The second-order valence-corrected chi connectivity index (χ2v) is 3.82. The van der Waals surface area contributed by atoms with Crippen LogP contribution in [0.2, 0.25) is 0 Å². The second kappa shape index (κ2) is 7.31. The average molecular weight is 255 g/mol. The molecule has 0 aromatic heterocycles. The Labute approximate surface area is 121 Å². The molecule has 1 rings (SSSR count). The van der Waals surface area contributed by atoms with Gasteiger partial charge in [-0.15, -0.1) is 0 Å². The number of carboxylic acid groups (broad SMARTS) is 1. The number of aliphatic carboxylic acids is 1. The quantitative estimate of drug-likeness (QED) is 0.619. The molecular formula is C9H12CaO4P+. The first kappa shape index (κ1) is 15.0. The molecule has 0 saturated carbocycles. The topological polar surface area (TPSA) is 74.6 Å². The van der Waals surface area contributed by atoms with Gasteiger partial charge >= 0.3 is 51.7 Å². The summed E-state index contributed by atoms with van der Waals surface area (Å²) >= 11 is 0. The van der Waals surface area contributed by atoms with Crippen molar-refractivity contribution in [1.29, 1.82) is 0 Å². The van der Waals surface area contributed by atoms with Crippen LogP contribution in [0, 0.1) is 0 Å². The van der Waals surface area contributed by atoms with Crippen LogP contribution >= 0.6 is 8.03 Å². The molecule has 0 radical (unpaired) electrons. The SMILES string of the molecule is O=C(O)CCc1ccccc1[P+](=O)O.[Ca+2].[H-].[H-]. The van der Waals surface area contributed by atoms with Crippen molar-refractivity contribution in [3.63, 3.8) is 0 Å². The maximum absolute atomic E-state index is 10.9. The van der Waals surface area contributed by atoms with Crippen molar-refractivity contribution in [2.24, 2.45) is 0 Å².